The summed E-state index contributed by atoms with van der Waals surface area (Å²) in [5.74, 6) is 0.626. The van der Waals surface area contributed by atoms with E-state index in [0.29, 0.717) is 11.4 Å². The first-order chi connectivity index (χ1) is 9.15. The quantitative estimate of drug-likeness (QED) is 0.640. The molecule has 1 aliphatic rings. The number of hydrogen-bond acceptors (Lipinski definition) is 3. The van der Waals surface area contributed by atoms with Crippen LogP contribution in [0, 0.1) is 18.3 Å². The summed E-state index contributed by atoms with van der Waals surface area (Å²) in [6.45, 7) is 1.75. The van der Waals surface area contributed by atoms with E-state index in [9.17, 15) is 9.59 Å². The van der Waals surface area contributed by atoms with E-state index in [1.807, 2.05) is 6.07 Å². The molecule has 0 radical (unpaired) electrons. The van der Waals surface area contributed by atoms with Gasteiger partial charge in [0.25, 0.3) is 5.91 Å². The van der Waals surface area contributed by atoms with E-state index in [4.69, 9.17) is 6.42 Å². The first-order valence-corrected chi connectivity index (χ1v) is 5.80. The Hall–Kier alpha value is -2.61. The van der Waals surface area contributed by atoms with Crippen LogP contribution in [0.15, 0.2) is 35.4 Å². The third-order valence-electron chi connectivity index (χ3n) is 2.76. The van der Waals surface area contributed by atoms with Gasteiger partial charge in [-0.15, -0.1) is 6.42 Å². The van der Waals surface area contributed by atoms with Gasteiger partial charge in [-0.1, -0.05) is 24.1 Å². The molecule has 1 aliphatic heterocycles. The van der Waals surface area contributed by atoms with Crippen LogP contribution in [-0.2, 0) is 9.59 Å². The number of anilines is 1. The number of nitrogens with zero attached hydrogens (tertiary/aromatic N) is 2. The number of terminal acetylenes is 1. The zero-order valence-electron chi connectivity index (χ0n) is 10.5. The molecule has 0 aromatic heterocycles. The topological polar surface area (TPSA) is 61.8 Å². The Morgan fingerprint density at radius 1 is 1.47 bits per heavy atom. The highest BCUT2D eigenvalue weighted by atomic mass is 16.2. The highest BCUT2D eigenvalue weighted by Gasteiger charge is 2.39. The number of rotatable bonds is 3. The SMILES string of the molecule is C#CCNC(=O)[C@@H]1C(=O)N(c2ccccc2)N=C1C. The zero-order valence-corrected chi connectivity index (χ0v) is 10.5. The normalized spacial score (nSPS) is 17.9. The molecule has 1 N–H and O–H groups in total. The number of hydrogen-bond donors (Lipinski definition) is 1. The molecule has 19 heavy (non-hydrogen) atoms. The lowest BCUT2D eigenvalue weighted by molar-refractivity contribution is -0.130. The van der Waals surface area contributed by atoms with E-state index >= 15 is 0 Å². The lowest BCUT2D eigenvalue weighted by Crippen LogP contribution is -2.40. The van der Waals surface area contributed by atoms with Gasteiger partial charge in [-0.2, -0.15) is 10.1 Å². The van der Waals surface area contributed by atoms with Crippen molar-refractivity contribution in [3.8, 4) is 12.3 Å². The van der Waals surface area contributed by atoms with Gasteiger partial charge in [0.1, 0.15) is 0 Å². The molecule has 0 fully saturated rings. The summed E-state index contributed by atoms with van der Waals surface area (Å²) in [4.78, 5) is 24.1. The van der Waals surface area contributed by atoms with Gasteiger partial charge in [0.15, 0.2) is 5.92 Å². The number of benzene rings is 1. The average molecular weight is 255 g/mol. The van der Waals surface area contributed by atoms with Crippen molar-refractivity contribution in [2.24, 2.45) is 11.0 Å². The predicted molar refractivity (Wildman–Crippen MR) is 72.4 cm³/mol. The Kier molecular flexibility index (Phi) is 3.62. The molecule has 2 amide bonds. The summed E-state index contributed by atoms with van der Waals surface area (Å²) in [6, 6.07) is 8.98. The molecular weight excluding hydrogens is 242 g/mol. The van der Waals surface area contributed by atoms with Crippen molar-refractivity contribution in [2.75, 3.05) is 11.6 Å². The first-order valence-electron chi connectivity index (χ1n) is 5.80. The molecule has 1 atom stereocenters. The number of nitrogens with one attached hydrogen (secondary N) is 1. The molecule has 5 nitrogen and oxygen atoms in total. The van der Waals surface area contributed by atoms with Crippen LogP contribution in [0.3, 0.4) is 0 Å². The van der Waals surface area contributed by atoms with Crippen molar-refractivity contribution in [2.45, 2.75) is 6.92 Å². The Bertz CT molecular complexity index is 572. The standard InChI is InChI=1S/C14H13N3O2/c1-3-9-15-13(18)12-10(2)16-17(14(12)19)11-7-5-4-6-8-11/h1,4-8,12H,9H2,2H3,(H,15,18)/t12-/m1/s1. The monoisotopic (exact) mass is 255 g/mol. The minimum Gasteiger partial charge on any atom is -0.344 e. The maximum Gasteiger partial charge on any atom is 0.265 e. The second-order valence-electron chi connectivity index (χ2n) is 4.08. The fraction of sp³-hybridized carbons (Fsp3) is 0.214. The second-order valence-corrected chi connectivity index (χ2v) is 4.08. The van der Waals surface area contributed by atoms with Gasteiger partial charge in [-0.25, -0.2) is 0 Å². The second kappa shape index (κ2) is 5.36. The van der Waals surface area contributed by atoms with Crippen molar-refractivity contribution in [1.29, 1.82) is 0 Å². The van der Waals surface area contributed by atoms with Crippen LogP contribution in [0.25, 0.3) is 0 Å². The maximum atomic E-state index is 12.2. The van der Waals surface area contributed by atoms with E-state index in [0.717, 1.165) is 0 Å². The fourth-order valence-electron chi connectivity index (χ4n) is 1.86. The van der Waals surface area contributed by atoms with Crippen molar-refractivity contribution < 1.29 is 9.59 Å². The fourth-order valence-corrected chi connectivity index (χ4v) is 1.86. The average Bonchev–Trinajstić information content (AvgIpc) is 2.72. The first kappa shape index (κ1) is 12.8. The van der Waals surface area contributed by atoms with Crippen LogP contribution in [0.5, 0.6) is 0 Å². The van der Waals surface area contributed by atoms with Gasteiger partial charge in [0.05, 0.1) is 17.9 Å². The molecule has 1 aromatic carbocycles. The molecular formula is C14H13N3O2. The molecule has 2 rings (SSSR count). The van der Waals surface area contributed by atoms with Crippen molar-refractivity contribution in [3.63, 3.8) is 0 Å². The van der Waals surface area contributed by atoms with Crippen LogP contribution in [0.4, 0.5) is 5.69 Å². The smallest absolute Gasteiger partial charge is 0.265 e. The largest absolute Gasteiger partial charge is 0.344 e. The van der Waals surface area contributed by atoms with E-state index in [1.54, 1.807) is 31.2 Å². The Labute approximate surface area is 111 Å². The van der Waals surface area contributed by atoms with Gasteiger partial charge >= 0.3 is 0 Å². The van der Waals surface area contributed by atoms with Crippen LogP contribution >= 0.6 is 0 Å². The maximum absolute atomic E-state index is 12.2. The summed E-state index contributed by atoms with van der Waals surface area (Å²) in [6.07, 6.45) is 5.07. The molecule has 0 saturated carbocycles. The molecule has 1 aromatic rings. The summed E-state index contributed by atoms with van der Waals surface area (Å²) in [5, 5.41) is 7.89. The van der Waals surface area contributed by atoms with Gasteiger partial charge in [0, 0.05) is 0 Å². The van der Waals surface area contributed by atoms with E-state index < -0.39 is 11.8 Å². The van der Waals surface area contributed by atoms with Crippen LogP contribution in [0.1, 0.15) is 6.92 Å². The zero-order chi connectivity index (χ0) is 13.8. The number of carbonyl (C=O) groups is 2. The molecule has 0 bridgehead atoms. The Balaban J connectivity index is 2.20. The molecule has 96 valence electrons. The third kappa shape index (κ3) is 2.47. The van der Waals surface area contributed by atoms with E-state index in [2.05, 4.69) is 16.3 Å². The highest BCUT2D eigenvalue weighted by molar-refractivity contribution is 6.26. The van der Waals surface area contributed by atoms with Crippen LogP contribution < -0.4 is 10.3 Å². The molecule has 1 heterocycles. The Morgan fingerprint density at radius 2 is 2.16 bits per heavy atom. The lowest BCUT2D eigenvalue weighted by Gasteiger charge is -2.13. The lowest BCUT2D eigenvalue weighted by atomic mass is 10.0. The number of amides is 2. The minimum atomic E-state index is -0.895. The van der Waals surface area contributed by atoms with Crippen LogP contribution in [-0.4, -0.2) is 24.1 Å². The predicted octanol–water partition coefficient (Wildman–Crippen LogP) is 0.775. The molecule has 0 aliphatic carbocycles. The summed E-state index contributed by atoms with van der Waals surface area (Å²) < 4.78 is 0. The van der Waals surface area contributed by atoms with Crippen molar-refractivity contribution >= 4 is 23.2 Å². The van der Waals surface area contributed by atoms with Crippen molar-refractivity contribution in [1.82, 2.24) is 5.32 Å². The number of carbonyl (C=O) groups excluding carboxylic acids is 2. The van der Waals surface area contributed by atoms with E-state index in [1.165, 1.54) is 5.01 Å². The van der Waals surface area contributed by atoms with Gasteiger partial charge in [-0.05, 0) is 19.1 Å². The number of hydrazone groups is 1. The van der Waals surface area contributed by atoms with Gasteiger partial charge in [-0.3, -0.25) is 9.59 Å². The Morgan fingerprint density at radius 3 is 2.79 bits per heavy atom. The van der Waals surface area contributed by atoms with Gasteiger partial charge in [0.2, 0.25) is 5.91 Å². The minimum absolute atomic E-state index is 0.0984. The molecule has 5 heteroatoms. The molecule has 0 unspecified atom stereocenters. The highest BCUT2D eigenvalue weighted by Crippen LogP contribution is 2.23. The summed E-state index contributed by atoms with van der Waals surface area (Å²) in [5.41, 5.74) is 1.10. The van der Waals surface area contributed by atoms with Crippen molar-refractivity contribution in [3.05, 3.63) is 30.3 Å². The van der Waals surface area contributed by atoms with Crippen LogP contribution in [0.2, 0.25) is 0 Å². The van der Waals surface area contributed by atoms with E-state index in [-0.39, 0.29) is 12.5 Å². The summed E-state index contributed by atoms with van der Waals surface area (Å²) >= 11 is 0. The van der Waals surface area contributed by atoms with Gasteiger partial charge < -0.3 is 5.32 Å². The summed E-state index contributed by atoms with van der Waals surface area (Å²) in [7, 11) is 0. The molecule has 0 saturated heterocycles. The third-order valence-corrected chi connectivity index (χ3v) is 2.76. The number of para-hydroxylation sites is 1. The molecule has 0 spiro atoms.